The number of nitro groups is 1. The van der Waals surface area contributed by atoms with Crippen molar-refractivity contribution in [2.45, 2.75) is 26.7 Å². The van der Waals surface area contributed by atoms with Gasteiger partial charge < -0.3 is 10.6 Å². The number of allylic oxidation sites excluding steroid dienone is 1. The number of rotatable bonds is 8. The Morgan fingerprint density at radius 1 is 1.11 bits per heavy atom. The highest BCUT2D eigenvalue weighted by atomic mass is 35.5. The molecule has 104 valence electrons. The van der Waals surface area contributed by atoms with Gasteiger partial charge in [-0.2, -0.15) is 0 Å². The van der Waals surface area contributed by atoms with Crippen molar-refractivity contribution in [2.75, 3.05) is 13.1 Å². The fourth-order valence-corrected chi connectivity index (χ4v) is 1.44. The van der Waals surface area contributed by atoms with Crippen LogP contribution in [-0.4, -0.2) is 18.0 Å². The first kappa shape index (κ1) is 17.4. The zero-order valence-corrected chi connectivity index (χ0v) is 12.5. The van der Waals surface area contributed by atoms with E-state index in [0.29, 0.717) is 13.1 Å². The van der Waals surface area contributed by atoms with Gasteiger partial charge in [-0.1, -0.05) is 48.7 Å². The topological polar surface area (TPSA) is 67.2 Å². The molecular formula is C10H16Cl3N3O2. The van der Waals surface area contributed by atoms with Crippen LogP contribution in [0.15, 0.2) is 21.0 Å². The number of halogens is 3. The molecule has 0 aliphatic carbocycles. The van der Waals surface area contributed by atoms with Crippen molar-refractivity contribution in [3.8, 4) is 0 Å². The van der Waals surface area contributed by atoms with E-state index in [1.807, 2.05) is 13.8 Å². The second kappa shape index (κ2) is 9.30. The number of hydrogen-bond donors (Lipinski definition) is 2. The molecule has 0 aliphatic heterocycles. The zero-order chi connectivity index (χ0) is 14.1. The van der Waals surface area contributed by atoms with Gasteiger partial charge in [0.15, 0.2) is 10.9 Å². The van der Waals surface area contributed by atoms with Crippen LogP contribution in [0.5, 0.6) is 0 Å². The lowest BCUT2D eigenvalue weighted by Crippen LogP contribution is -2.31. The summed E-state index contributed by atoms with van der Waals surface area (Å²) >= 11 is 16.8. The van der Waals surface area contributed by atoms with Crippen molar-refractivity contribution >= 4 is 34.8 Å². The van der Waals surface area contributed by atoms with Crippen molar-refractivity contribution < 1.29 is 4.92 Å². The molecule has 0 unspecified atom stereocenters. The molecule has 0 aromatic rings. The Morgan fingerprint density at radius 3 is 1.83 bits per heavy atom. The maximum Gasteiger partial charge on any atom is 0.329 e. The van der Waals surface area contributed by atoms with Crippen LogP contribution in [0.2, 0.25) is 0 Å². The minimum absolute atomic E-state index is 0.229. The molecule has 0 radical (unpaired) electrons. The van der Waals surface area contributed by atoms with Crippen molar-refractivity contribution in [2.24, 2.45) is 0 Å². The molecule has 0 saturated heterocycles. The van der Waals surface area contributed by atoms with Gasteiger partial charge in [-0.05, 0) is 12.8 Å². The minimum Gasteiger partial charge on any atom is -0.366 e. The normalized spacial score (nSPS) is 9.61. The van der Waals surface area contributed by atoms with Gasteiger partial charge >= 0.3 is 5.70 Å². The molecule has 0 amide bonds. The van der Waals surface area contributed by atoms with Crippen LogP contribution in [0.4, 0.5) is 0 Å². The summed E-state index contributed by atoms with van der Waals surface area (Å²) in [5.74, 6) is 0.229. The lowest BCUT2D eigenvalue weighted by molar-refractivity contribution is -0.421. The first-order valence-electron chi connectivity index (χ1n) is 5.53. The van der Waals surface area contributed by atoms with E-state index < -0.39 is 4.92 Å². The average Bonchev–Trinajstić information content (AvgIpc) is 2.31. The highest BCUT2D eigenvalue weighted by molar-refractivity contribution is 6.59. The second-order valence-corrected chi connectivity index (χ2v) is 4.74. The molecule has 0 aliphatic rings. The van der Waals surface area contributed by atoms with Gasteiger partial charge in [0.2, 0.25) is 0 Å². The van der Waals surface area contributed by atoms with Crippen LogP contribution >= 0.6 is 34.8 Å². The van der Waals surface area contributed by atoms with Crippen molar-refractivity contribution in [3.05, 3.63) is 31.2 Å². The fraction of sp³-hybridized carbons (Fsp3) is 0.600. The third-order valence-electron chi connectivity index (χ3n) is 1.90. The molecule has 0 spiro atoms. The number of nitrogens with one attached hydrogen (secondary N) is 2. The first-order valence-corrected chi connectivity index (χ1v) is 6.66. The van der Waals surface area contributed by atoms with Crippen LogP contribution in [0.25, 0.3) is 0 Å². The molecular weight excluding hydrogens is 300 g/mol. The molecule has 0 bridgehead atoms. The number of hydrogen-bond acceptors (Lipinski definition) is 4. The van der Waals surface area contributed by atoms with E-state index >= 15 is 0 Å². The Bertz CT molecular complexity index is 342. The molecule has 0 saturated carbocycles. The predicted molar refractivity (Wildman–Crippen MR) is 75.2 cm³/mol. The third kappa shape index (κ3) is 5.80. The highest BCUT2D eigenvalue weighted by Gasteiger charge is 2.25. The van der Waals surface area contributed by atoms with Gasteiger partial charge in [-0.25, -0.2) is 0 Å². The molecule has 0 fully saturated rings. The summed E-state index contributed by atoms with van der Waals surface area (Å²) in [7, 11) is 0. The van der Waals surface area contributed by atoms with Gasteiger partial charge in [-0.15, -0.1) is 0 Å². The summed E-state index contributed by atoms with van der Waals surface area (Å²) in [6.07, 6.45) is 1.64. The van der Waals surface area contributed by atoms with E-state index in [1.54, 1.807) is 0 Å². The van der Waals surface area contributed by atoms with Crippen molar-refractivity contribution in [3.63, 3.8) is 0 Å². The Balaban J connectivity index is 5.40. The van der Waals surface area contributed by atoms with Crippen molar-refractivity contribution in [1.82, 2.24) is 10.6 Å². The highest BCUT2D eigenvalue weighted by Crippen LogP contribution is 2.26. The summed E-state index contributed by atoms with van der Waals surface area (Å²) in [5.41, 5.74) is -0.349. The Kier molecular flexibility index (Phi) is 8.97. The van der Waals surface area contributed by atoms with Gasteiger partial charge in [0.1, 0.15) is 4.49 Å². The summed E-state index contributed by atoms with van der Waals surface area (Å²) < 4.78 is -0.336. The lowest BCUT2D eigenvalue weighted by Gasteiger charge is -2.12. The predicted octanol–water partition coefficient (Wildman–Crippen LogP) is 3.32. The maximum absolute atomic E-state index is 11.0. The SMILES string of the molecule is CCCNC(NCCC)=C(C(Cl)=C(Cl)Cl)[N+](=O)[O-]. The van der Waals surface area contributed by atoms with Crippen LogP contribution in [0.1, 0.15) is 26.7 Å². The summed E-state index contributed by atoms with van der Waals surface area (Å²) in [6.45, 7) is 5.05. The Hall–Kier alpha value is -0.650. The lowest BCUT2D eigenvalue weighted by atomic mass is 10.3. The monoisotopic (exact) mass is 315 g/mol. The van der Waals surface area contributed by atoms with E-state index in [2.05, 4.69) is 10.6 Å². The summed E-state index contributed by atoms with van der Waals surface area (Å²) in [6, 6.07) is 0. The molecule has 5 nitrogen and oxygen atoms in total. The molecule has 8 heteroatoms. The molecule has 0 rings (SSSR count). The van der Waals surface area contributed by atoms with Gasteiger partial charge in [0.25, 0.3) is 0 Å². The third-order valence-corrected chi connectivity index (χ3v) is 2.84. The largest absolute Gasteiger partial charge is 0.366 e. The number of nitrogens with zero attached hydrogens (tertiary/aromatic N) is 1. The Labute approximate surface area is 121 Å². The van der Waals surface area contributed by atoms with Crippen molar-refractivity contribution in [1.29, 1.82) is 0 Å². The van der Waals surface area contributed by atoms with E-state index in [-0.39, 0.29) is 21.0 Å². The first-order chi connectivity index (χ1) is 8.45. The minimum atomic E-state index is -0.617. The van der Waals surface area contributed by atoms with Crippen LogP contribution in [-0.2, 0) is 0 Å². The zero-order valence-electron chi connectivity index (χ0n) is 10.2. The summed E-state index contributed by atoms with van der Waals surface area (Å²) in [5, 5.41) is 16.6. The molecule has 0 heterocycles. The molecule has 18 heavy (non-hydrogen) atoms. The summed E-state index contributed by atoms with van der Waals surface area (Å²) in [4.78, 5) is 10.4. The standard InChI is InChI=1S/C10H16Cl3N3O2/c1-3-5-14-10(15-6-4-2)8(16(17)18)7(11)9(12)13/h14-15H,3-6H2,1-2H3. The molecule has 0 aromatic carbocycles. The molecule has 2 N–H and O–H groups in total. The van der Waals surface area contributed by atoms with E-state index in [9.17, 15) is 10.1 Å². The van der Waals surface area contributed by atoms with E-state index in [1.165, 1.54) is 0 Å². The maximum atomic E-state index is 11.0. The van der Waals surface area contributed by atoms with Crippen LogP contribution in [0, 0.1) is 10.1 Å². The van der Waals surface area contributed by atoms with Gasteiger partial charge in [0, 0.05) is 13.1 Å². The van der Waals surface area contributed by atoms with Crippen LogP contribution in [0.3, 0.4) is 0 Å². The molecule has 0 atom stereocenters. The average molecular weight is 317 g/mol. The van der Waals surface area contributed by atoms with Gasteiger partial charge in [0.05, 0.1) is 4.92 Å². The quantitative estimate of drug-likeness (QED) is 0.409. The smallest absolute Gasteiger partial charge is 0.329 e. The molecule has 0 aromatic heterocycles. The van der Waals surface area contributed by atoms with Crippen LogP contribution < -0.4 is 10.6 Å². The second-order valence-electron chi connectivity index (χ2n) is 3.41. The fourth-order valence-electron chi connectivity index (χ4n) is 1.10. The van der Waals surface area contributed by atoms with Gasteiger partial charge in [-0.3, -0.25) is 10.1 Å². The van der Waals surface area contributed by atoms with E-state index in [0.717, 1.165) is 12.8 Å². The Morgan fingerprint density at radius 2 is 1.56 bits per heavy atom. The van der Waals surface area contributed by atoms with E-state index in [4.69, 9.17) is 34.8 Å².